The highest BCUT2D eigenvalue weighted by Crippen LogP contribution is 2.14. The predicted octanol–water partition coefficient (Wildman–Crippen LogP) is 2.32. The first-order valence-electron chi connectivity index (χ1n) is 8.33. The molecule has 1 unspecified atom stereocenters. The van der Waals surface area contributed by atoms with Crippen LogP contribution in [0.5, 0.6) is 0 Å². The van der Waals surface area contributed by atoms with Crippen molar-refractivity contribution in [2.24, 2.45) is 17.1 Å². The molecule has 0 radical (unpaired) electrons. The molecule has 0 rings (SSSR count). The highest BCUT2D eigenvalue weighted by atomic mass is 16.5. The SMILES string of the molecule is CC(C)CN.CCOCC(C)(C)CNC(O)CCCC(C)=O. The lowest BCUT2D eigenvalue weighted by molar-refractivity contribution is -0.117. The molecular weight excluding hydrogens is 280 g/mol. The van der Waals surface area contributed by atoms with E-state index < -0.39 is 6.23 Å². The van der Waals surface area contributed by atoms with E-state index in [1.807, 2.05) is 6.92 Å². The van der Waals surface area contributed by atoms with Gasteiger partial charge in [0.05, 0.1) is 6.61 Å². The first-order chi connectivity index (χ1) is 10.1. The minimum Gasteiger partial charge on any atom is -0.381 e. The molecule has 22 heavy (non-hydrogen) atoms. The highest BCUT2D eigenvalue weighted by molar-refractivity contribution is 5.75. The number of Topliss-reactive ketones (excluding diaryl/α,β-unsaturated/α-hetero) is 1. The maximum atomic E-state index is 10.7. The number of ether oxygens (including phenoxy) is 1. The summed E-state index contributed by atoms with van der Waals surface area (Å²) in [7, 11) is 0. The van der Waals surface area contributed by atoms with Gasteiger partial charge in [0.2, 0.25) is 0 Å². The van der Waals surface area contributed by atoms with Gasteiger partial charge in [0, 0.05) is 25.0 Å². The minimum atomic E-state index is -0.532. The number of hydrogen-bond donors (Lipinski definition) is 3. The van der Waals surface area contributed by atoms with Gasteiger partial charge in [0.15, 0.2) is 0 Å². The summed E-state index contributed by atoms with van der Waals surface area (Å²) in [6.45, 7) is 14.8. The van der Waals surface area contributed by atoms with E-state index in [0.29, 0.717) is 38.5 Å². The van der Waals surface area contributed by atoms with Crippen LogP contribution in [-0.2, 0) is 9.53 Å². The van der Waals surface area contributed by atoms with Gasteiger partial charge in [-0.25, -0.2) is 0 Å². The van der Waals surface area contributed by atoms with Crippen molar-refractivity contribution in [1.82, 2.24) is 5.32 Å². The zero-order chi connectivity index (χ0) is 17.6. The molecule has 134 valence electrons. The molecule has 0 aromatic rings. The second kappa shape index (κ2) is 14.1. The average molecular weight is 319 g/mol. The summed E-state index contributed by atoms with van der Waals surface area (Å²) in [4.78, 5) is 10.7. The molecule has 0 spiro atoms. The molecule has 0 saturated heterocycles. The quantitative estimate of drug-likeness (QED) is 0.509. The molecule has 0 saturated carbocycles. The number of hydrogen-bond acceptors (Lipinski definition) is 5. The van der Waals surface area contributed by atoms with Gasteiger partial charge in [0.25, 0.3) is 0 Å². The Balaban J connectivity index is 0. The number of nitrogens with one attached hydrogen (secondary N) is 1. The molecule has 0 aromatic carbocycles. The van der Waals surface area contributed by atoms with Gasteiger partial charge in [-0.2, -0.15) is 0 Å². The van der Waals surface area contributed by atoms with Crippen molar-refractivity contribution in [1.29, 1.82) is 0 Å². The van der Waals surface area contributed by atoms with E-state index in [0.717, 1.165) is 13.0 Å². The van der Waals surface area contributed by atoms with Crippen LogP contribution < -0.4 is 11.1 Å². The van der Waals surface area contributed by atoms with E-state index in [1.165, 1.54) is 0 Å². The maximum Gasteiger partial charge on any atom is 0.129 e. The third-order valence-corrected chi connectivity index (χ3v) is 2.99. The van der Waals surface area contributed by atoms with Crippen LogP contribution in [0.4, 0.5) is 0 Å². The van der Waals surface area contributed by atoms with E-state index in [4.69, 9.17) is 10.5 Å². The molecule has 0 heterocycles. The first-order valence-corrected chi connectivity index (χ1v) is 8.33. The summed E-state index contributed by atoms with van der Waals surface area (Å²) in [6.07, 6.45) is 1.36. The first kappa shape index (κ1) is 23.8. The zero-order valence-corrected chi connectivity index (χ0v) is 15.4. The fraction of sp³-hybridized carbons (Fsp3) is 0.941. The van der Waals surface area contributed by atoms with Gasteiger partial charge >= 0.3 is 0 Å². The standard InChI is InChI=1S/C13H27NO3.C4H11N/c1-5-17-10-13(3,4)9-14-12(16)8-6-7-11(2)15;1-4(2)3-5/h12,14,16H,5-10H2,1-4H3;4H,3,5H2,1-2H3. The Morgan fingerprint density at radius 3 is 2.32 bits per heavy atom. The van der Waals surface area contributed by atoms with Gasteiger partial charge in [-0.1, -0.05) is 27.7 Å². The largest absolute Gasteiger partial charge is 0.381 e. The van der Waals surface area contributed by atoms with Crippen LogP contribution in [0.3, 0.4) is 0 Å². The number of carbonyl (C=O) groups is 1. The van der Waals surface area contributed by atoms with Gasteiger partial charge < -0.3 is 20.4 Å². The lowest BCUT2D eigenvalue weighted by atomic mass is 9.94. The molecule has 1 atom stereocenters. The van der Waals surface area contributed by atoms with Crippen LogP contribution >= 0.6 is 0 Å². The number of aliphatic hydroxyl groups excluding tert-OH is 1. The molecule has 0 aliphatic carbocycles. The molecule has 0 aliphatic rings. The summed E-state index contributed by atoms with van der Waals surface area (Å²) in [5.74, 6) is 0.837. The Bertz CT molecular complexity index is 269. The van der Waals surface area contributed by atoms with E-state index in [1.54, 1.807) is 6.92 Å². The molecule has 0 bridgehead atoms. The van der Waals surface area contributed by atoms with Crippen LogP contribution in [0.2, 0.25) is 0 Å². The molecule has 0 amide bonds. The number of ketones is 1. The van der Waals surface area contributed by atoms with Gasteiger partial charge in [0.1, 0.15) is 12.0 Å². The Kier molecular flexibility index (Phi) is 15.3. The van der Waals surface area contributed by atoms with E-state index >= 15 is 0 Å². The van der Waals surface area contributed by atoms with Crippen molar-refractivity contribution in [3.8, 4) is 0 Å². The third-order valence-electron chi connectivity index (χ3n) is 2.99. The summed E-state index contributed by atoms with van der Waals surface area (Å²) < 4.78 is 5.38. The highest BCUT2D eigenvalue weighted by Gasteiger charge is 2.19. The second-order valence-electron chi connectivity index (χ2n) is 6.92. The van der Waals surface area contributed by atoms with Crippen LogP contribution in [-0.4, -0.2) is 43.4 Å². The Morgan fingerprint density at radius 1 is 1.36 bits per heavy atom. The molecule has 5 nitrogen and oxygen atoms in total. The number of carbonyl (C=O) groups excluding carboxylic acids is 1. The van der Waals surface area contributed by atoms with Crippen LogP contribution in [0.1, 0.15) is 60.8 Å². The fourth-order valence-corrected chi connectivity index (χ4v) is 1.47. The van der Waals surface area contributed by atoms with Crippen molar-refractivity contribution in [2.75, 3.05) is 26.3 Å². The van der Waals surface area contributed by atoms with Crippen LogP contribution in [0, 0.1) is 11.3 Å². The second-order valence-corrected chi connectivity index (χ2v) is 6.92. The van der Waals surface area contributed by atoms with Crippen molar-refractivity contribution >= 4 is 5.78 Å². The van der Waals surface area contributed by atoms with E-state index in [2.05, 4.69) is 33.0 Å². The summed E-state index contributed by atoms with van der Waals surface area (Å²) >= 11 is 0. The Hall–Kier alpha value is -0.490. The molecule has 5 heteroatoms. The lowest BCUT2D eigenvalue weighted by Crippen LogP contribution is -2.39. The smallest absolute Gasteiger partial charge is 0.129 e. The molecular formula is C17H38N2O3. The molecule has 0 fully saturated rings. The van der Waals surface area contributed by atoms with Crippen molar-refractivity contribution in [2.45, 2.75) is 67.0 Å². The van der Waals surface area contributed by atoms with Crippen LogP contribution in [0.25, 0.3) is 0 Å². The summed E-state index contributed by atoms with van der Waals surface area (Å²) in [5, 5.41) is 12.8. The summed E-state index contributed by atoms with van der Waals surface area (Å²) in [6, 6.07) is 0. The van der Waals surface area contributed by atoms with Crippen molar-refractivity contribution < 1.29 is 14.6 Å². The van der Waals surface area contributed by atoms with Gasteiger partial charge in [-0.05, 0) is 39.2 Å². The molecule has 0 aromatic heterocycles. The van der Waals surface area contributed by atoms with Gasteiger partial charge in [-0.3, -0.25) is 5.32 Å². The molecule has 4 N–H and O–H groups in total. The average Bonchev–Trinajstić information content (AvgIpc) is 2.43. The summed E-state index contributed by atoms with van der Waals surface area (Å²) in [5.41, 5.74) is 5.18. The number of aliphatic hydroxyl groups is 1. The molecule has 0 aliphatic heterocycles. The van der Waals surface area contributed by atoms with Crippen molar-refractivity contribution in [3.05, 3.63) is 0 Å². The maximum absolute atomic E-state index is 10.7. The topological polar surface area (TPSA) is 84.6 Å². The normalized spacial score (nSPS) is 12.8. The Morgan fingerprint density at radius 2 is 1.91 bits per heavy atom. The predicted molar refractivity (Wildman–Crippen MR) is 92.7 cm³/mol. The minimum absolute atomic E-state index is 0.0115. The number of rotatable bonds is 11. The van der Waals surface area contributed by atoms with E-state index in [9.17, 15) is 9.90 Å². The third kappa shape index (κ3) is 19.5. The monoisotopic (exact) mass is 318 g/mol. The zero-order valence-electron chi connectivity index (χ0n) is 15.4. The van der Waals surface area contributed by atoms with Crippen molar-refractivity contribution in [3.63, 3.8) is 0 Å². The van der Waals surface area contributed by atoms with E-state index in [-0.39, 0.29) is 11.2 Å². The lowest BCUT2D eigenvalue weighted by Gasteiger charge is -2.26. The van der Waals surface area contributed by atoms with Gasteiger partial charge in [-0.15, -0.1) is 0 Å². The number of nitrogens with two attached hydrogens (primary N) is 1. The Labute approximate surface area is 137 Å². The van der Waals surface area contributed by atoms with Crippen LogP contribution in [0.15, 0.2) is 0 Å². The fourth-order valence-electron chi connectivity index (χ4n) is 1.47.